The van der Waals surface area contributed by atoms with E-state index in [0.717, 1.165) is 25.7 Å². The monoisotopic (exact) mass is 461 g/mol. The fourth-order valence-corrected chi connectivity index (χ4v) is 5.73. The summed E-state index contributed by atoms with van der Waals surface area (Å²) in [6, 6.07) is 9.85. The first-order chi connectivity index (χ1) is 13.9. The molecule has 30 heavy (non-hydrogen) atoms. The molecule has 0 spiro atoms. The summed E-state index contributed by atoms with van der Waals surface area (Å²) in [6.07, 6.45) is -0.255. The summed E-state index contributed by atoms with van der Waals surface area (Å²) in [6.45, 7) is 9.05. The summed E-state index contributed by atoms with van der Waals surface area (Å²) in [5.41, 5.74) is 0.425. The van der Waals surface area contributed by atoms with Crippen molar-refractivity contribution in [2.45, 2.75) is 51.3 Å². The van der Waals surface area contributed by atoms with Gasteiger partial charge in [-0.15, -0.1) is 22.0 Å². The average Bonchev–Trinajstić information content (AvgIpc) is 2.96. The molecule has 2 N–H and O–H groups in total. The minimum absolute atomic E-state index is 0.255. The maximum absolute atomic E-state index is 12.8. The van der Waals surface area contributed by atoms with Crippen molar-refractivity contribution in [1.82, 2.24) is 4.72 Å². The van der Waals surface area contributed by atoms with E-state index >= 15 is 0 Å². The molecule has 4 nitrogen and oxygen atoms in total. The van der Waals surface area contributed by atoms with E-state index in [0.29, 0.717) is 10.6 Å². The minimum Gasteiger partial charge on any atom is -0.598 e. The summed E-state index contributed by atoms with van der Waals surface area (Å²) in [5, 5.41) is 12.0. The number of aliphatic carboxylic acids is 1. The maximum atomic E-state index is 12.8. The van der Waals surface area contributed by atoms with Gasteiger partial charge in [-0.3, -0.25) is 4.79 Å². The van der Waals surface area contributed by atoms with Gasteiger partial charge in [0.05, 0.1) is 12.0 Å². The van der Waals surface area contributed by atoms with Crippen molar-refractivity contribution in [2.75, 3.05) is 0 Å². The van der Waals surface area contributed by atoms with Crippen LogP contribution in [0.5, 0.6) is 0 Å². The molecule has 0 aliphatic carbocycles. The zero-order valence-electron chi connectivity index (χ0n) is 17.6. The van der Waals surface area contributed by atoms with Crippen molar-refractivity contribution >= 4 is 60.4 Å². The molecule has 3 rings (SSSR count). The Balaban J connectivity index is 2.22. The molecule has 2 aromatic carbocycles. The molecule has 0 amide bonds. The Bertz CT molecular complexity index is 1190. The first kappa shape index (κ1) is 22.9. The van der Waals surface area contributed by atoms with Crippen LogP contribution < -0.4 is 4.72 Å². The van der Waals surface area contributed by atoms with Gasteiger partial charge in [-0.1, -0.05) is 17.5 Å². The van der Waals surface area contributed by atoms with Crippen molar-refractivity contribution < 1.29 is 14.5 Å². The van der Waals surface area contributed by atoms with Gasteiger partial charge in [0.15, 0.2) is 0 Å². The minimum atomic E-state index is -1.48. The van der Waals surface area contributed by atoms with E-state index < -0.39 is 27.6 Å². The highest BCUT2D eigenvalue weighted by Gasteiger charge is 2.40. The SMILES string of the molecule is CC#Cc1ccc2sc3cc(Cl)c(C(C)(CC(=O)O)N[S@+]([O-])C(C)(C)C)cc3c2c1. The number of fused-ring (bicyclic) bond motifs is 3. The second-order valence-electron chi connectivity index (χ2n) is 8.40. The predicted molar refractivity (Wildman–Crippen MR) is 128 cm³/mol. The van der Waals surface area contributed by atoms with Gasteiger partial charge in [0.2, 0.25) is 0 Å². The van der Waals surface area contributed by atoms with Crippen molar-refractivity contribution in [2.24, 2.45) is 0 Å². The first-order valence-corrected chi connectivity index (χ1v) is 11.8. The standard InChI is InChI=1S/C23H24ClNO3S2/c1-6-7-14-8-9-19-15(10-14)16-11-17(18(24)12-20(16)29-19)23(5,13-21(26)27)25-30(28)22(2,3)4/h8-12,25H,13H2,1-5H3,(H,26,27)/t23?,30-/m1/s1. The van der Waals surface area contributed by atoms with Crippen LogP contribution in [0.15, 0.2) is 30.3 Å². The van der Waals surface area contributed by atoms with E-state index in [9.17, 15) is 14.5 Å². The highest BCUT2D eigenvalue weighted by molar-refractivity contribution is 7.90. The van der Waals surface area contributed by atoms with E-state index in [-0.39, 0.29) is 6.42 Å². The Labute approximate surface area is 188 Å². The lowest BCUT2D eigenvalue weighted by molar-refractivity contribution is -0.138. The molecule has 0 aliphatic heterocycles. The third-order valence-corrected chi connectivity index (χ3v) is 8.00. The molecular formula is C23H24ClNO3S2. The zero-order valence-corrected chi connectivity index (χ0v) is 19.9. The molecular weight excluding hydrogens is 438 g/mol. The molecule has 1 aromatic heterocycles. The Morgan fingerprint density at radius 2 is 1.87 bits per heavy atom. The molecule has 0 fully saturated rings. The van der Waals surface area contributed by atoms with Crippen LogP contribution in [0, 0.1) is 11.8 Å². The molecule has 2 atom stereocenters. The third kappa shape index (κ3) is 4.61. The smallest absolute Gasteiger partial charge is 0.305 e. The summed E-state index contributed by atoms with van der Waals surface area (Å²) in [4.78, 5) is 11.7. The average molecular weight is 462 g/mol. The summed E-state index contributed by atoms with van der Waals surface area (Å²) in [5.74, 6) is 4.99. The Hall–Kier alpha value is -1.75. The number of hydrogen-bond acceptors (Lipinski definition) is 4. The number of halogens is 1. The fraction of sp³-hybridized carbons (Fsp3) is 0.348. The van der Waals surface area contributed by atoms with Gasteiger partial charge in [-0.2, -0.15) is 0 Å². The van der Waals surface area contributed by atoms with Crippen LogP contribution in [0.25, 0.3) is 20.2 Å². The van der Waals surface area contributed by atoms with E-state index in [1.807, 2.05) is 51.1 Å². The second-order valence-corrected chi connectivity index (χ2v) is 11.9. The molecule has 158 valence electrons. The lowest BCUT2D eigenvalue weighted by Gasteiger charge is -2.34. The van der Waals surface area contributed by atoms with Crippen molar-refractivity contribution in [3.63, 3.8) is 0 Å². The lowest BCUT2D eigenvalue weighted by Crippen LogP contribution is -2.51. The highest BCUT2D eigenvalue weighted by Crippen LogP contribution is 2.41. The molecule has 3 aromatic rings. The van der Waals surface area contributed by atoms with Crippen molar-refractivity contribution in [1.29, 1.82) is 0 Å². The lowest BCUT2D eigenvalue weighted by atomic mass is 9.88. The van der Waals surface area contributed by atoms with Gasteiger partial charge in [0, 0.05) is 42.1 Å². The van der Waals surface area contributed by atoms with Crippen molar-refractivity contribution in [3.05, 3.63) is 46.5 Å². The molecule has 1 unspecified atom stereocenters. The number of benzene rings is 2. The number of thiophene rings is 1. The van der Waals surface area contributed by atoms with Gasteiger partial charge < -0.3 is 9.66 Å². The van der Waals surface area contributed by atoms with E-state index in [4.69, 9.17) is 11.6 Å². The number of carboxylic acids is 1. The molecule has 0 aliphatic rings. The van der Waals surface area contributed by atoms with Crippen molar-refractivity contribution in [3.8, 4) is 11.8 Å². The largest absolute Gasteiger partial charge is 0.598 e. The summed E-state index contributed by atoms with van der Waals surface area (Å²) < 4.78 is 17.4. The second kappa shape index (κ2) is 8.41. The number of hydrogen-bond donors (Lipinski definition) is 2. The van der Waals surface area contributed by atoms with Crippen LogP contribution in [0.2, 0.25) is 5.02 Å². The number of nitrogens with one attached hydrogen (secondary N) is 1. The quantitative estimate of drug-likeness (QED) is 0.371. The molecule has 0 bridgehead atoms. The van der Waals surface area contributed by atoms with Crippen LogP contribution in [0.1, 0.15) is 52.2 Å². The molecule has 0 radical (unpaired) electrons. The molecule has 1 heterocycles. The number of carbonyl (C=O) groups is 1. The van der Waals surface area contributed by atoms with Crippen LogP contribution in [-0.4, -0.2) is 20.4 Å². The van der Waals surface area contributed by atoms with Crippen LogP contribution >= 0.6 is 22.9 Å². The molecule has 0 saturated heterocycles. The van der Waals surface area contributed by atoms with Gasteiger partial charge in [-0.05, 0) is 70.5 Å². The Morgan fingerprint density at radius 1 is 1.20 bits per heavy atom. The van der Waals surface area contributed by atoms with Gasteiger partial charge >= 0.3 is 5.97 Å². The van der Waals surface area contributed by atoms with Gasteiger partial charge in [0.1, 0.15) is 4.75 Å². The van der Waals surface area contributed by atoms with Crippen LogP contribution in [-0.2, 0) is 21.7 Å². The predicted octanol–water partition coefficient (Wildman–Crippen LogP) is 5.82. The topological polar surface area (TPSA) is 72.4 Å². The Morgan fingerprint density at radius 3 is 2.47 bits per heavy atom. The van der Waals surface area contributed by atoms with Crippen LogP contribution in [0.4, 0.5) is 0 Å². The van der Waals surface area contributed by atoms with E-state index in [1.54, 1.807) is 25.2 Å². The van der Waals surface area contributed by atoms with E-state index in [2.05, 4.69) is 16.6 Å². The van der Waals surface area contributed by atoms with Crippen LogP contribution in [0.3, 0.4) is 0 Å². The molecule has 7 heteroatoms. The molecule has 0 saturated carbocycles. The normalized spacial score (nSPS) is 14.9. The van der Waals surface area contributed by atoms with E-state index in [1.165, 1.54) is 0 Å². The third-order valence-electron chi connectivity index (χ3n) is 4.80. The maximum Gasteiger partial charge on any atom is 0.305 e. The number of rotatable bonds is 5. The number of carboxylic acid groups (broad SMARTS) is 1. The van der Waals surface area contributed by atoms with Gasteiger partial charge in [-0.25, -0.2) is 0 Å². The first-order valence-electron chi connectivity index (χ1n) is 9.45. The fourth-order valence-electron chi connectivity index (χ4n) is 3.29. The summed E-state index contributed by atoms with van der Waals surface area (Å²) >= 11 is 6.78. The Kier molecular flexibility index (Phi) is 6.43. The zero-order chi connectivity index (χ0) is 22.3. The highest BCUT2D eigenvalue weighted by atomic mass is 35.5. The van der Waals surface area contributed by atoms with Gasteiger partial charge in [0.25, 0.3) is 0 Å². The summed E-state index contributed by atoms with van der Waals surface area (Å²) in [7, 11) is 0.